The Balaban J connectivity index is 2.09. The topological polar surface area (TPSA) is 84.4 Å². The van der Waals surface area contributed by atoms with E-state index in [2.05, 4.69) is 32.7 Å². The Morgan fingerprint density at radius 3 is 2.48 bits per heavy atom. The van der Waals surface area contributed by atoms with Crippen molar-refractivity contribution in [1.82, 2.24) is 15.5 Å². The Morgan fingerprint density at radius 2 is 1.90 bits per heavy atom. The average Bonchev–Trinajstić information content (AvgIpc) is 2.77. The summed E-state index contributed by atoms with van der Waals surface area (Å²) in [5.74, 6) is 0.991. The summed E-state index contributed by atoms with van der Waals surface area (Å²) in [6.45, 7) is 8.85. The maximum Gasteiger partial charge on any atom is 0.310 e. The van der Waals surface area contributed by atoms with Gasteiger partial charge in [-0.1, -0.05) is 19.1 Å². The molecule has 2 unspecified atom stereocenters. The lowest BCUT2D eigenvalue weighted by atomic mass is 10.0. The summed E-state index contributed by atoms with van der Waals surface area (Å²) in [5, 5.41) is 6.68. The normalized spacial score (nSPS) is 17.3. The van der Waals surface area contributed by atoms with Crippen LogP contribution in [-0.2, 0) is 14.3 Å². The largest absolute Gasteiger partial charge is 0.497 e. The van der Waals surface area contributed by atoms with E-state index in [1.807, 2.05) is 26.0 Å². The molecule has 1 fully saturated rings. The number of nitrogens with zero attached hydrogens (tertiary/aromatic N) is 2. The zero-order valence-corrected chi connectivity index (χ0v) is 17.9. The van der Waals surface area contributed by atoms with E-state index in [1.54, 1.807) is 7.11 Å². The van der Waals surface area contributed by atoms with Crippen molar-refractivity contribution in [2.75, 3.05) is 60.2 Å². The minimum absolute atomic E-state index is 0.173. The molecule has 0 radical (unpaired) electrons. The second-order valence-corrected chi connectivity index (χ2v) is 6.96. The van der Waals surface area contributed by atoms with Gasteiger partial charge in [-0.25, -0.2) is 0 Å². The summed E-state index contributed by atoms with van der Waals surface area (Å²) in [6, 6.07) is 8.35. The fourth-order valence-corrected chi connectivity index (χ4v) is 3.21. The van der Waals surface area contributed by atoms with Crippen LogP contribution in [-0.4, -0.2) is 77.0 Å². The zero-order chi connectivity index (χ0) is 21.1. The predicted octanol–water partition coefficient (Wildman–Crippen LogP) is 1.43. The number of carbonyl (C=O) groups excluding carboxylic acids is 1. The molecular weight excluding hydrogens is 372 g/mol. The monoisotopic (exact) mass is 406 g/mol. The Kier molecular flexibility index (Phi) is 9.73. The van der Waals surface area contributed by atoms with Gasteiger partial charge >= 0.3 is 5.97 Å². The Bertz CT molecular complexity index is 645. The van der Waals surface area contributed by atoms with Crippen LogP contribution in [0, 0.1) is 5.92 Å². The summed E-state index contributed by atoms with van der Waals surface area (Å²) >= 11 is 0. The summed E-state index contributed by atoms with van der Waals surface area (Å²) in [5.41, 5.74) is 1.21. The molecule has 1 saturated heterocycles. The van der Waals surface area contributed by atoms with Crippen molar-refractivity contribution in [2.45, 2.75) is 19.9 Å². The summed E-state index contributed by atoms with van der Waals surface area (Å²) in [6.07, 6.45) is 0. The highest BCUT2D eigenvalue weighted by molar-refractivity contribution is 5.80. The standard InChI is InChI=1S/C21H34N4O4/c1-5-22-21(23-14-16(2)20(26)28-4)24-15-19(25-10-12-29-13-11-25)17-6-8-18(27-3)9-7-17/h6-9,16,19H,5,10-15H2,1-4H3,(H2,22,23,24). The van der Waals surface area contributed by atoms with Crippen molar-refractivity contribution < 1.29 is 19.0 Å². The van der Waals surface area contributed by atoms with E-state index in [0.717, 1.165) is 38.6 Å². The van der Waals surface area contributed by atoms with Crippen LogP contribution in [0.3, 0.4) is 0 Å². The summed E-state index contributed by atoms with van der Waals surface area (Å²) in [7, 11) is 3.07. The minimum Gasteiger partial charge on any atom is -0.497 e. The molecule has 1 heterocycles. The van der Waals surface area contributed by atoms with Gasteiger partial charge in [-0.05, 0) is 24.6 Å². The first kappa shape index (κ1) is 23.0. The van der Waals surface area contributed by atoms with Gasteiger partial charge in [0.05, 0.1) is 45.9 Å². The van der Waals surface area contributed by atoms with Gasteiger partial charge in [-0.3, -0.25) is 14.7 Å². The molecule has 29 heavy (non-hydrogen) atoms. The first-order valence-electron chi connectivity index (χ1n) is 10.1. The van der Waals surface area contributed by atoms with Crippen molar-refractivity contribution >= 4 is 11.9 Å². The lowest BCUT2D eigenvalue weighted by molar-refractivity contribution is -0.144. The number of aliphatic imine (C=N–C) groups is 1. The van der Waals surface area contributed by atoms with Crippen LogP contribution in [0.1, 0.15) is 25.5 Å². The molecule has 0 amide bonds. The van der Waals surface area contributed by atoms with Crippen LogP contribution in [0.2, 0.25) is 0 Å². The van der Waals surface area contributed by atoms with Crippen molar-refractivity contribution in [3.05, 3.63) is 29.8 Å². The van der Waals surface area contributed by atoms with Gasteiger partial charge in [0.25, 0.3) is 0 Å². The van der Waals surface area contributed by atoms with Gasteiger partial charge in [0, 0.05) is 26.2 Å². The molecule has 0 bridgehead atoms. The van der Waals surface area contributed by atoms with Gasteiger partial charge < -0.3 is 24.8 Å². The lowest BCUT2D eigenvalue weighted by Crippen LogP contribution is -2.46. The Labute approximate surface area is 173 Å². The third-order valence-corrected chi connectivity index (χ3v) is 4.92. The van der Waals surface area contributed by atoms with Crippen molar-refractivity contribution in [3.63, 3.8) is 0 Å². The molecule has 0 aliphatic carbocycles. The van der Waals surface area contributed by atoms with Gasteiger partial charge in [0.15, 0.2) is 5.96 Å². The number of carbonyl (C=O) groups is 1. The minimum atomic E-state index is -0.285. The molecule has 2 atom stereocenters. The van der Waals surface area contributed by atoms with E-state index in [1.165, 1.54) is 12.7 Å². The SMILES string of the molecule is CCNC(=NCC(C)C(=O)OC)NCC(c1ccc(OC)cc1)N1CCOCC1. The number of rotatable bonds is 9. The molecule has 8 heteroatoms. The van der Waals surface area contributed by atoms with E-state index in [4.69, 9.17) is 14.2 Å². The molecule has 2 rings (SSSR count). The highest BCUT2D eigenvalue weighted by Gasteiger charge is 2.23. The molecule has 8 nitrogen and oxygen atoms in total. The number of hydrogen-bond donors (Lipinski definition) is 2. The van der Waals surface area contributed by atoms with Crippen LogP contribution in [0.4, 0.5) is 0 Å². The maximum atomic E-state index is 11.6. The van der Waals surface area contributed by atoms with Crippen molar-refractivity contribution in [3.8, 4) is 5.75 Å². The smallest absolute Gasteiger partial charge is 0.310 e. The molecule has 162 valence electrons. The van der Waals surface area contributed by atoms with Gasteiger partial charge in [0.1, 0.15) is 5.75 Å². The molecule has 2 N–H and O–H groups in total. The number of hydrogen-bond acceptors (Lipinski definition) is 6. The number of esters is 1. The van der Waals surface area contributed by atoms with Crippen LogP contribution in [0.15, 0.2) is 29.3 Å². The third-order valence-electron chi connectivity index (χ3n) is 4.92. The summed E-state index contributed by atoms with van der Waals surface area (Å²) in [4.78, 5) is 18.6. The highest BCUT2D eigenvalue weighted by Crippen LogP contribution is 2.23. The quantitative estimate of drug-likeness (QED) is 0.365. The number of guanidine groups is 1. The Morgan fingerprint density at radius 1 is 1.21 bits per heavy atom. The fourth-order valence-electron chi connectivity index (χ4n) is 3.21. The Hall–Kier alpha value is -2.32. The van der Waals surface area contributed by atoms with E-state index in [9.17, 15) is 4.79 Å². The molecular formula is C21H34N4O4. The molecule has 1 aromatic rings. The second-order valence-electron chi connectivity index (χ2n) is 6.96. The number of methoxy groups -OCH3 is 2. The fraction of sp³-hybridized carbons (Fsp3) is 0.619. The number of ether oxygens (including phenoxy) is 3. The number of benzene rings is 1. The van der Waals surface area contributed by atoms with Crippen molar-refractivity contribution in [2.24, 2.45) is 10.9 Å². The van der Waals surface area contributed by atoms with Crippen molar-refractivity contribution in [1.29, 1.82) is 0 Å². The molecule has 0 spiro atoms. The van der Waals surface area contributed by atoms with Gasteiger partial charge in [0.2, 0.25) is 0 Å². The summed E-state index contributed by atoms with van der Waals surface area (Å²) < 4.78 is 15.6. The van der Waals surface area contributed by atoms with Crippen LogP contribution < -0.4 is 15.4 Å². The first-order valence-corrected chi connectivity index (χ1v) is 10.1. The van der Waals surface area contributed by atoms with E-state index >= 15 is 0 Å². The van der Waals surface area contributed by atoms with Crippen LogP contribution in [0.5, 0.6) is 5.75 Å². The molecule has 1 aliphatic heterocycles. The first-order chi connectivity index (χ1) is 14.1. The molecule has 0 aromatic heterocycles. The van der Waals surface area contributed by atoms with Gasteiger partial charge in [-0.2, -0.15) is 0 Å². The molecule has 0 saturated carbocycles. The highest BCUT2D eigenvalue weighted by atomic mass is 16.5. The van der Waals surface area contributed by atoms with E-state index in [-0.39, 0.29) is 17.9 Å². The average molecular weight is 407 g/mol. The third kappa shape index (κ3) is 7.21. The number of morpholine rings is 1. The lowest BCUT2D eigenvalue weighted by Gasteiger charge is -2.35. The van der Waals surface area contributed by atoms with Crippen LogP contribution >= 0.6 is 0 Å². The van der Waals surface area contributed by atoms with Gasteiger partial charge in [-0.15, -0.1) is 0 Å². The van der Waals surface area contributed by atoms with E-state index < -0.39 is 0 Å². The predicted molar refractivity (Wildman–Crippen MR) is 113 cm³/mol. The van der Waals surface area contributed by atoms with Crippen LogP contribution in [0.25, 0.3) is 0 Å². The van der Waals surface area contributed by atoms with E-state index in [0.29, 0.717) is 19.0 Å². The maximum absolute atomic E-state index is 11.6. The number of nitrogens with one attached hydrogen (secondary N) is 2. The second kappa shape index (κ2) is 12.3. The zero-order valence-electron chi connectivity index (χ0n) is 17.9. The molecule has 1 aliphatic rings. The molecule has 1 aromatic carbocycles.